The van der Waals surface area contributed by atoms with E-state index in [0.717, 1.165) is 9.87 Å². The predicted molar refractivity (Wildman–Crippen MR) is 148 cm³/mol. The Bertz CT molecular complexity index is 1480. The van der Waals surface area contributed by atoms with Crippen molar-refractivity contribution in [3.8, 4) is 0 Å². The van der Waals surface area contributed by atoms with Crippen LogP contribution in [0, 0.1) is 0 Å². The summed E-state index contributed by atoms with van der Waals surface area (Å²) in [5, 5.41) is 3.34. The Kier molecular flexibility index (Phi) is 8.72. The van der Waals surface area contributed by atoms with Gasteiger partial charge >= 0.3 is 0 Å². The first kappa shape index (κ1) is 28.3. The molecule has 0 bridgehead atoms. The summed E-state index contributed by atoms with van der Waals surface area (Å²) in [7, 11) is -4.07. The summed E-state index contributed by atoms with van der Waals surface area (Å²) in [5.74, 6) is -1.49. The highest BCUT2D eigenvalue weighted by Gasteiger charge is 2.41. The summed E-state index contributed by atoms with van der Waals surface area (Å²) in [6.45, 7) is 3.35. The number of rotatable bonds is 10. The van der Waals surface area contributed by atoms with E-state index in [4.69, 9.17) is 11.6 Å². The number of carbonyl (C=O) groups excluding carboxylic acids is 3. The Morgan fingerprint density at radius 2 is 1.59 bits per heavy atom. The number of halogens is 1. The number of hydrogen-bond acceptors (Lipinski definition) is 5. The molecule has 8 nitrogen and oxygen atoms in total. The topological polar surface area (TPSA) is 104 Å². The first-order chi connectivity index (χ1) is 18.6. The molecule has 0 unspecified atom stereocenters. The molecule has 39 heavy (non-hydrogen) atoms. The molecule has 0 aliphatic carbocycles. The molecule has 4 rings (SSSR count). The number of benzene rings is 3. The summed E-state index contributed by atoms with van der Waals surface area (Å²) < 4.78 is 26.8. The van der Waals surface area contributed by atoms with Crippen molar-refractivity contribution in [2.45, 2.75) is 50.2 Å². The zero-order chi connectivity index (χ0) is 28.2. The molecule has 3 aromatic rings. The Labute approximate surface area is 233 Å². The van der Waals surface area contributed by atoms with Crippen LogP contribution in [-0.2, 0) is 32.6 Å². The van der Waals surface area contributed by atoms with Gasteiger partial charge in [-0.1, -0.05) is 72.3 Å². The van der Waals surface area contributed by atoms with Crippen molar-refractivity contribution in [3.05, 3.63) is 101 Å². The van der Waals surface area contributed by atoms with Gasteiger partial charge in [0, 0.05) is 37.0 Å². The number of sulfonamides is 1. The second-order valence-electron chi connectivity index (χ2n) is 9.61. The molecule has 0 saturated heterocycles. The van der Waals surface area contributed by atoms with E-state index in [0.29, 0.717) is 10.6 Å². The van der Waals surface area contributed by atoms with E-state index in [1.165, 1.54) is 17.0 Å². The van der Waals surface area contributed by atoms with Crippen molar-refractivity contribution in [2.75, 3.05) is 6.54 Å². The Hall–Kier alpha value is -3.69. The third-order valence-corrected chi connectivity index (χ3v) is 8.65. The highest BCUT2D eigenvalue weighted by atomic mass is 35.5. The van der Waals surface area contributed by atoms with E-state index in [2.05, 4.69) is 5.32 Å². The van der Waals surface area contributed by atoms with Crippen LogP contribution in [-0.4, -0.2) is 54.0 Å². The Morgan fingerprint density at radius 3 is 2.26 bits per heavy atom. The summed E-state index contributed by atoms with van der Waals surface area (Å²) in [6, 6.07) is 21.3. The lowest BCUT2D eigenvalue weighted by Crippen LogP contribution is -2.52. The van der Waals surface area contributed by atoms with Gasteiger partial charge < -0.3 is 10.2 Å². The van der Waals surface area contributed by atoms with Gasteiger partial charge in [-0.25, -0.2) is 12.7 Å². The molecule has 1 atom stereocenters. The summed E-state index contributed by atoms with van der Waals surface area (Å²) in [4.78, 5) is 41.5. The number of amides is 3. The van der Waals surface area contributed by atoms with Crippen molar-refractivity contribution >= 4 is 39.3 Å². The lowest BCUT2D eigenvalue weighted by molar-refractivity contribution is -0.141. The van der Waals surface area contributed by atoms with Gasteiger partial charge in [-0.05, 0) is 43.2 Å². The molecule has 0 saturated carbocycles. The van der Waals surface area contributed by atoms with Gasteiger partial charge in [-0.3, -0.25) is 14.4 Å². The van der Waals surface area contributed by atoms with Crippen molar-refractivity contribution in [1.29, 1.82) is 0 Å². The van der Waals surface area contributed by atoms with Crippen molar-refractivity contribution in [3.63, 3.8) is 0 Å². The van der Waals surface area contributed by atoms with Crippen LogP contribution in [0.25, 0.3) is 0 Å². The van der Waals surface area contributed by atoms with E-state index in [-0.39, 0.29) is 48.3 Å². The molecule has 1 aliphatic rings. The van der Waals surface area contributed by atoms with E-state index < -0.39 is 27.9 Å². The largest absolute Gasteiger partial charge is 0.352 e. The number of nitrogens with zero attached hydrogens (tertiary/aromatic N) is 2. The van der Waals surface area contributed by atoms with E-state index in [9.17, 15) is 22.8 Å². The monoisotopic (exact) mass is 567 g/mol. The highest BCUT2D eigenvalue weighted by molar-refractivity contribution is 7.90. The Morgan fingerprint density at radius 1 is 0.949 bits per heavy atom. The zero-order valence-corrected chi connectivity index (χ0v) is 23.3. The molecular weight excluding hydrogens is 538 g/mol. The first-order valence-corrected chi connectivity index (χ1v) is 14.4. The lowest BCUT2D eigenvalue weighted by Gasteiger charge is -2.32. The smallest absolute Gasteiger partial charge is 0.269 e. The molecule has 10 heteroatoms. The molecule has 0 radical (unpaired) electrons. The van der Waals surface area contributed by atoms with Gasteiger partial charge in [-0.2, -0.15) is 0 Å². The molecule has 3 amide bonds. The van der Waals surface area contributed by atoms with E-state index in [1.807, 2.05) is 44.2 Å². The fraction of sp³-hybridized carbons (Fsp3) is 0.276. The maximum atomic E-state index is 13.8. The zero-order valence-electron chi connectivity index (χ0n) is 21.7. The molecule has 0 fully saturated rings. The number of hydrogen-bond donors (Lipinski definition) is 1. The quantitative estimate of drug-likeness (QED) is 0.398. The van der Waals surface area contributed by atoms with Gasteiger partial charge in [-0.15, -0.1) is 0 Å². The first-order valence-electron chi connectivity index (χ1n) is 12.6. The standard InChI is InChI=1S/C29H30ClN3O5S/c1-20(2)31-28(35)25(18-21-10-4-3-5-11-21)32(19-22-12-6-8-14-24(22)30)27(34)16-17-33-29(36)23-13-7-9-15-26(23)39(33,37)38/h3-15,20,25H,16-19H2,1-2H3,(H,31,35)/t25-/m0/s1. The summed E-state index contributed by atoms with van der Waals surface area (Å²) in [5.41, 5.74) is 1.57. The van der Waals surface area contributed by atoms with Crippen molar-refractivity contribution < 1.29 is 22.8 Å². The van der Waals surface area contributed by atoms with Crippen LogP contribution < -0.4 is 5.32 Å². The maximum absolute atomic E-state index is 13.8. The second-order valence-corrected chi connectivity index (χ2v) is 11.8. The molecule has 1 N–H and O–H groups in total. The Balaban J connectivity index is 1.65. The minimum atomic E-state index is -4.07. The third-order valence-electron chi connectivity index (χ3n) is 6.44. The summed E-state index contributed by atoms with van der Waals surface area (Å²) >= 11 is 6.42. The van der Waals surface area contributed by atoms with Crippen LogP contribution in [0.1, 0.15) is 41.8 Å². The van der Waals surface area contributed by atoms with Crippen LogP contribution in [0.3, 0.4) is 0 Å². The molecular formula is C29H30ClN3O5S. The van der Waals surface area contributed by atoms with Crippen LogP contribution in [0.2, 0.25) is 5.02 Å². The molecule has 1 heterocycles. The fourth-order valence-corrected chi connectivity index (χ4v) is 6.30. The number of nitrogens with one attached hydrogen (secondary N) is 1. The molecule has 204 valence electrons. The molecule has 0 spiro atoms. The molecule has 0 aromatic heterocycles. The van der Waals surface area contributed by atoms with E-state index in [1.54, 1.807) is 36.4 Å². The van der Waals surface area contributed by atoms with E-state index >= 15 is 0 Å². The van der Waals surface area contributed by atoms with Crippen molar-refractivity contribution in [1.82, 2.24) is 14.5 Å². The lowest BCUT2D eigenvalue weighted by atomic mass is 10.0. The van der Waals surface area contributed by atoms with Gasteiger partial charge in [0.15, 0.2) is 0 Å². The summed E-state index contributed by atoms with van der Waals surface area (Å²) in [6.07, 6.45) is -0.0639. The van der Waals surface area contributed by atoms with Gasteiger partial charge in [0.2, 0.25) is 11.8 Å². The SMILES string of the molecule is CC(C)NC(=O)[C@H](Cc1ccccc1)N(Cc1ccccc1Cl)C(=O)CCN1C(=O)c2ccccc2S1(=O)=O. The van der Waals surface area contributed by atoms with Crippen LogP contribution in [0.5, 0.6) is 0 Å². The minimum absolute atomic E-state index is 0.0302. The van der Waals surface area contributed by atoms with Crippen LogP contribution in [0.15, 0.2) is 83.8 Å². The molecule has 3 aromatic carbocycles. The third kappa shape index (κ3) is 6.32. The number of fused-ring (bicyclic) bond motifs is 1. The van der Waals surface area contributed by atoms with Crippen LogP contribution >= 0.6 is 11.6 Å². The van der Waals surface area contributed by atoms with Crippen LogP contribution in [0.4, 0.5) is 0 Å². The second kappa shape index (κ2) is 12.0. The predicted octanol–water partition coefficient (Wildman–Crippen LogP) is 4.04. The van der Waals surface area contributed by atoms with Crippen molar-refractivity contribution in [2.24, 2.45) is 0 Å². The molecule has 1 aliphatic heterocycles. The fourth-order valence-electron chi connectivity index (χ4n) is 4.54. The maximum Gasteiger partial charge on any atom is 0.269 e. The average Bonchev–Trinajstić information content (AvgIpc) is 3.10. The average molecular weight is 568 g/mol. The van der Waals surface area contributed by atoms with Gasteiger partial charge in [0.05, 0.1) is 5.56 Å². The minimum Gasteiger partial charge on any atom is -0.352 e. The van der Waals surface area contributed by atoms with Gasteiger partial charge in [0.25, 0.3) is 15.9 Å². The number of carbonyl (C=O) groups is 3. The normalized spacial score (nSPS) is 14.7. The highest BCUT2D eigenvalue weighted by Crippen LogP contribution is 2.30. The van der Waals surface area contributed by atoms with Gasteiger partial charge in [0.1, 0.15) is 10.9 Å².